The van der Waals surface area contributed by atoms with Gasteiger partial charge in [-0.25, -0.2) is 0 Å². The zero-order valence-corrected chi connectivity index (χ0v) is 17.6. The Balaban J connectivity index is 1.42. The number of Topliss-reactive ketones (excluding diaryl/α,β-unsaturated/α-hetero) is 1. The van der Waals surface area contributed by atoms with Crippen molar-refractivity contribution in [2.45, 2.75) is 32.8 Å². The van der Waals surface area contributed by atoms with Crippen molar-refractivity contribution in [3.63, 3.8) is 0 Å². The van der Waals surface area contributed by atoms with E-state index in [1.165, 1.54) is 6.92 Å². The second-order valence-electron chi connectivity index (χ2n) is 7.18. The Hall–Kier alpha value is -3.67. The molecule has 0 saturated carbocycles. The highest BCUT2D eigenvalue weighted by Gasteiger charge is 2.18. The number of hydrogen-bond donors (Lipinski definition) is 1. The lowest BCUT2D eigenvalue weighted by Gasteiger charge is -2.15. The lowest BCUT2D eigenvalue weighted by Crippen LogP contribution is -2.30. The van der Waals surface area contributed by atoms with Crippen molar-refractivity contribution in [3.8, 4) is 5.75 Å². The standard InChI is InChI=1S/C25H25NO5/c1-17(27)19-12-14-21(15-13-19)30-16-6-11-24(28)31-18(2)25(29)26-23-10-5-8-20-7-3-4-9-22(20)23/h3-5,7-10,12-15,18H,6,11,16H2,1-2H3,(H,26,29)/t18-/m1/s1. The van der Waals surface area contributed by atoms with Crippen LogP contribution < -0.4 is 10.1 Å². The first kappa shape index (κ1) is 22.0. The Kier molecular flexibility index (Phi) is 7.38. The molecule has 0 bridgehead atoms. The fourth-order valence-electron chi connectivity index (χ4n) is 3.07. The van der Waals surface area contributed by atoms with E-state index in [0.717, 1.165) is 10.8 Å². The fourth-order valence-corrected chi connectivity index (χ4v) is 3.07. The van der Waals surface area contributed by atoms with Crippen LogP contribution in [0.25, 0.3) is 10.8 Å². The van der Waals surface area contributed by atoms with Gasteiger partial charge in [-0.1, -0.05) is 36.4 Å². The van der Waals surface area contributed by atoms with Gasteiger partial charge >= 0.3 is 5.97 Å². The number of carbonyl (C=O) groups is 3. The molecule has 6 nitrogen and oxygen atoms in total. The molecule has 0 aliphatic carbocycles. The van der Waals surface area contributed by atoms with Crippen LogP contribution in [0.5, 0.6) is 5.75 Å². The average molecular weight is 419 g/mol. The first-order valence-corrected chi connectivity index (χ1v) is 10.2. The molecule has 1 N–H and O–H groups in total. The van der Waals surface area contributed by atoms with E-state index >= 15 is 0 Å². The average Bonchev–Trinajstić information content (AvgIpc) is 2.77. The molecule has 0 aliphatic rings. The molecule has 0 heterocycles. The van der Waals surface area contributed by atoms with Crippen LogP contribution >= 0.6 is 0 Å². The van der Waals surface area contributed by atoms with Gasteiger partial charge in [-0.2, -0.15) is 0 Å². The van der Waals surface area contributed by atoms with Crippen molar-refractivity contribution < 1.29 is 23.9 Å². The molecule has 31 heavy (non-hydrogen) atoms. The second-order valence-corrected chi connectivity index (χ2v) is 7.18. The molecule has 0 fully saturated rings. The lowest BCUT2D eigenvalue weighted by atomic mass is 10.1. The minimum absolute atomic E-state index is 0.00657. The molecule has 0 aromatic heterocycles. The van der Waals surface area contributed by atoms with Gasteiger partial charge in [-0.15, -0.1) is 0 Å². The van der Waals surface area contributed by atoms with E-state index in [1.54, 1.807) is 31.2 Å². The number of anilines is 1. The Labute approximate surface area is 181 Å². The smallest absolute Gasteiger partial charge is 0.306 e. The maximum Gasteiger partial charge on any atom is 0.306 e. The molecule has 1 amide bonds. The number of benzene rings is 3. The number of hydrogen-bond acceptors (Lipinski definition) is 5. The molecule has 6 heteroatoms. The first-order valence-electron chi connectivity index (χ1n) is 10.2. The SMILES string of the molecule is CC(=O)c1ccc(OCCCC(=O)O[C@H](C)C(=O)Nc2cccc3ccccc23)cc1. The number of carbonyl (C=O) groups excluding carboxylic acids is 3. The van der Waals surface area contributed by atoms with Crippen LogP contribution in [0.2, 0.25) is 0 Å². The van der Waals surface area contributed by atoms with Gasteiger partial charge in [0.2, 0.25) is 0 Å². The van der Waals surface area contributed by atoms with Crippen LogP contribution in [0.3, 0.4) is 0 Å². The molecule has 0 radical (unpaired) electrons. The largest absolute Gasteiger partial charge is 0.494 e. The summed E-state index contributed by atoms with van der Waals surface area (Å²) in [5.41, 5.74) is 1.29. The van der Waals surface area contributed by atoms with Gasteiger partial charge in [-0.05, 0) is 56.0 Å². The summed E-state index contributed by atoms with van der Waals surface area (Å²) in [4.78, 5) is 35.8. The molecule has 1 atom stereocenters. The van der Waals surface area contributed by atoms with Gasteiger partial charge in [0.25, 0.3) is 5.91 Å². The molecule has 3 aromatic carbocycles. The van der Waals surface area contributed by atoms with Crippen molar-refractivity contribution in [1.82, 2.24) is 0 Å². The zero-order valence-electron chi connectivity index (χ0n) is 17.6. The zero-order chi connectivity index (χ0) is 22.2. The summed E-state index contributed by atoms with van der Waals surface area (Å²) in [5, 5.41) is 4.76. The van der Waals surface area contributed by atoms with Crippen LogP contribution in [-0.4, -0.2) is 30.4 Å². The Morgan fingerprint density at radius 1 is 0.935 bits per heavy atom. The van der Waals surface area contributed by atoms with Crippen LogP contribution in [0.4, 0.5) is 5.69 Å². The normalized spacial score (nSPS) is 11.5. The van der Waals surface area contributed by atoms with E-state index in [4.69, 9.17) is 9.47 Å². The third-order valence-electron chi connectivity index (χ3n) is 4.78. The van der Waals surface area contributed by atoms with Crippen LogP contribution in [0.15, 0.2) is 66.7 Å². The van der Waals surface area contributed by atoms with Gasteiger partial charge in [-0.3, -0.25) is 14.4 Å². The monoisotopic (exact) mass is 419 g/mol. The first-order chi connectivity index (χ1) is 14.9. The van der Waals surface area contributed by atoms with E-state index in [0.29, 0.717) is 30.0 Å². The molecule has 0 saturated heterocycles. The van der Waals surface area contributed by atoms with Crippen LogP contribution in [0, 0.1) is 0 Å². The number of ketones is 1. The van der Waals surface area contributed by atoms with Gasteiger partial charge in [0.1, 0.15) is 5.75 Å². The van der Waals surface area contributed by atoms with Crippen molar-refractivity contribution in [1.29, 1.82) is 0 Å². The minimum Gasteiger partial charge on any atom is -0.494 e. The third-order valence-corrected chi connectivity index (χ3v) is 4.78. The Morgan fingerprint density at radius 3 is 2.39 bits per heavy atom. The molecule has 0 spiro atoms. The van der Waals surface area contributed by atoms with Crippen LogP contribution in [-0.2, 0) is 14.3 Å². The molecule has 0 aliphatic heterocycles. The lowest BCUT2D eigenvalue weighted by molar-refractivity contribution is -0.153. The summed E-state index contributed by atoms with van der Waals surface area (Å²) < 4.78 is 10.8. The van der Waals surface area contributed by atoms with Gasteiger partial charge < -0.3 is 14.8 Å². The number of rotatable bonds is 9. The molecule has 3 rings (SSSR count). The van der Waals surface area contributed by atoms with Gasteiger partial charge in [0.15, 0.2) is 11.9 Å². The van der Waals surface area contributed by atoms with E-state index in [1.807, 2.05) is 42.5 Å². The number of amides is 1. The Morgan fingerprint density at radius 2 is 1.65 bits per heavy atom. The summed E-state index contributed by atoms with van der Waals surface area (Å²) in [6.45, 7) is 3.38. The van der Waals surface area contributed by atoms with Crippen molar-refractivity contribution in [3.05, 3.63) is 72.3 Å². The maximum absolute atomic E-state index is 12.4. The molecular formula is C25H25NO5. The second kappa shape index (κ2) is 10.4. The summed E-state index contributed by atoms with van der Waals surface area (Å²) in [6, 6.07) is 20.2. The quantitative estimate of drug-likeness (QED) is 0.307. The predicted octanol–water partition coefficient (Wildman–Crippen LogP) is 4.77. The van der Waals surface area contributed by atoms with Gasteiger partial charge in [0, 0.05) is 23.1 Å². The summed E-state index contributed by atoms with van der Waals surface area (Å²) in [6.07, 6.45) is -0.325. The predicted molar refractivity (Wildman–Crippen MR) is 119 cm³/mol. The fraction of sp³-hybridized carbons (Fsp3) is 0.240. The summed E-state index contributed by atoms with van der Waals surface area (Å²) in [5.74, 6) is -0.225. The topological polar surface area (TPSA) is 81.7 Å². The summed E-state index contributed by atoms with van der Waals surface area (Å²) >= 11 is 0. The van der Waals surface area contributed by atoms with E-state index in [-0.39, 0.29) is 18.1 Å². The van der Waals surface area contributed by atoms with Crippen LogP contribution in [0.1, 0.15) is 37.0 Å². The van der Waals surface area contributed by atoms with E-state index < -0.39 is 12.1 Å². The Bertz CT molecular complexity index is 1070. The molecule has 3 aromatic rings. The number of nitrogens with one attached hydrogen (secondary N) is 1. The molecular weight excluding hydrogens is 394 g/mol. The number of fused-ring (bicyclic) bond motifs is 1. The minimum atomic E-state index is -0.911. The molecule has 0 unspecified atom stereocenters. The summed E-state index contributed by atoms with van der Waals surface area (Å²) in [7, 11) is 0. The highest BCUT2D eigenvalue weighted by molar-refractivity contribution is 6.03. The van der Waals surface area contributed by atoms with Crippen molar-refractivity contribution in [2.75, 3.05) is 11.9 Å². The van der Waals surface area contributed by atoms with Crippen molar-refractivity contribution in [2.24, 2.45) is 0 Å². The highest BCUT2D eigenvalue weighted by atomic mass is 16.5. The molecule has 160 valence electrons. The number of esters is 1. The number of ether oxygens (including phenoxy) is 2. The maximum atomic E-state index is 12.4. The van der Waals surface area contributed by atoms with E-state index in [2.05, 4.69) is 5.32 Å². The van der Waals surface area contributed by atoms with Crippen molar-refractivity contribution >= 4 is 34.1 Å². The third kappa shape index (κ3) is 6.15. The highest BCUT2D eigenvalue weighted by Crippen LogP contribution is 2.23. The van der Waals surface area contributed by atoms with E-state index in [9.17, 15) is 14.4 Å². The van der Waals surface area contributed by atoms with Gasteiger partial charge in [0.05, 0.1) is 6.61 Å².